The number of halogens is 1. The van der Waals surface area contributed by atoms with Crippen molar-refractivity contribution in [2.24, 2.45) is 5.73 Å². The SMILES string of the molecule is CCc1nc(CN(CCN)CCc2ccccc2)no1.Cl. The highest BCUT2D eigenvalue weighted by molar-refractivity contribution is 5.85. The van der Waals surface area contributed by atoms with E-state index in [4.69, 9.17) is 10.3 Å². The molecule has 5 nitrogen and oxygen atoms in total. The molecular weight excluding hydrogens is 288 g/mol. The molecule has 0 bridgehead atoms. The third-order valence-corrected chi connectivity index (χ3v) is 3.18. The largest absolute Gasteiger partial charge is 0.339 e. The molecule has 0 saturated heterocycles. The fourth-order valence-corrected chi connectivity index (χ4v) is 2.08. The van der Waals surface area contributed by atoms with E-state index in [0.29, 0.717) is 19.0 Å². The Kier molecular flexibility index (Phi) is 7.97. The zero-order chi connectivity index (χ0) is 14.2. The summed E-state index contributed by atoms with van der Waals surface area (Å²) >= 11 is 0. The molecule has 0 unspecified atom stereocenters. The third kappa shape index (κ3) is 5.83. The Morgan fingerprint density at radius 3 is 2.57 bits per heavy atom. The maximum absolute atomic E-state index is 5.68. The third-order valence-electron chi connectivity index (χ3n) is 3.18. The smallest absolute Gasteiger partial charge is 0.226 e. The van der Waals surface area contributed by atoms with E-state index >= 15 is 0 Å². The highest BCUT2D eigenvalue weighted by Gasteiger charge is 2.10. The summed E-state index contributed by atoms with van der Waals surface area (Å²) in [5.41, 5.74) is 7.01. The maximum Gasteiger partial charge on any atom is 0.226 e. The van der Waals surface area contributed by atoms with E-state index in [2.05, 4.69) is 39.3 Å². The molecule has 21 heavy (non-hydrogen) atoms. The minimum atomic E-state index is 0. The average molecular weight is 311 g/mol. The van der Waals surface area contributed by atoms with Crippen molar-refractivity contribution in [2.75, 3.05) is 19.6 Å². The van der Waals surface area contributed by atoms with Crippen molar-refractivity contribution >= 4 is 12.4 Å². The standard InChI is InChI=1S/C15H22N4O.ClH/c1-2-15-17-14(18-20-15)12-19(11-9-16)10-8-13-6-4-3-5-7-13;/h3-7H,2,8-12,16H2,1H3;1H. The van der Waals surface area contributed by atoms with Crippen LogP contribution < -0.4 is 5.73 Å². The van der Waals surface area contributed by atoms with Crippen LogP contribution in [0.15, 0.2) is 34.9 Å². The fraction of sp³-hybridized carbons (Fsp3) is 0.467. The number of rotatable bonds is 8. The van der Waals surface area contributed by atoms with Crippen molar-refractivity contribution in [1.29, 1.82) is 0 Å². The van der Waals surface area contributed by atoms with E-state index in [-0.39, 0.29) is 12.4 Å². The number of nitrogens with zero attached hydrogens (tertiary/aromatic N) is 3. The molecule has 6 heteroatoms. The predicted molar refractivity (Wildman–Crippen MR) is 85.4 cm³/mol. The second-order valence-electron chi connectivity index (χ2n) is 4.76. The van der Waals surface area contributed by atoms with Gasteiger partial charge in [0.05, 0.1) is 6.54 Å². The number of hydrogen-bond acceptors (Lipinski definition) is 5. The Morgan fingerprint density at radius 2 is 1.95 bits per heavy atom. The van der Waals surface area contributed by atoms with Crippen LogP contribution in [0.2, 0.25) is 0 Å². The van der Waals surface area contributed by atoms with Crippen molar-refractivity contribution in [2.45, 2.75) is 26.3 Å². The minimum Gasteiger partial charge on any atom is -0.339 e. The monoisotopic (exact) mass is 310 g/mol. The Balaban J connectivity index is 0.00000220. The summed E-state index contributed by atoms with van der Waals surface area (Å²) in [6.45, 7) is 5.10. The maximum atomic E-state index is 5.68. The van der Waals surface area contributed by atoms with Crippen molar-refractivity contribution in [1.82, 2.24) is 15.0 Å². The molecule has 1 aromatic heterocycles. The average Bonchev–Trinajstić information content (AvgIpc) is 2.94. The number of benzene rings is 1. The van der Waals surface area contributed by atoms with Crippen molar-refractivity contribution < 1.29 is 4.52 Å². The Morgan fingerprint density at radius 1 is 1.19 bits per heavy atom. The van der Waals surface area contributed by atoms with Crippen molar-refractivity contribution in [3.05, 3.63) is 47.6 Å². The van der Waals surface area contributed by atoms with E-state index in [9.17, 15) is 0 Å². The fourth-order valence-electron chi connectivity index (χ4n) is 2.08. The van der Waals surface area contributed by atoms with E-state index in [1.165, 1.54) is 5.56 Å². The van der Waals surface area contributed by atoms with Gasteiger partial charge in [-0.1, -0.05) is 42.4 Å². The normalized spacial score (nSPS) is 10.6. The Bertz CT molecular complexity index is 503. The van der Waals surface area contributed by atoms with Gasteiger partial charge in [-0.3, -0.25) is 4.90 Å². The number of aromatic nitrogens is 2. The number of hydrogen-bond donors (Lipinski definition) is 1. The zero-order valence-corrected chi connectivity index (χ0v) is 13.2. The van der Waals surface area contributed by atoms with E-state index < -0.39 is 0 Å². The summed E-state index contributed by atoms with van der Waals surface area (Å²) < 4.78 is 5.14. The van der Waals surface area contributed by atoms with Crippen molar-refractivity contribution in [3.63, 3.8) is 0 Å². The molecule has 0 aliphatic heterocycles. The van der Waals surface area contributed by atoms with Crippen molar-refractivity contribution in [3.8, 4) is 0 Å². The second kappa shape index (κ2) is 9.50. The summed E-state index contributed by atoms with van der Waals surface area (Å²) in [4.78, 5) is 6.61. The molecule has 1 heterocycles. The van der Waals surface area contributed by atoms with Crippen LogP contribution in [0.3, 0.4) is 0 Å². The first-order valence-corrected chi connectivity index (χ1v) is 7.09. The molecule has 0 fully saturated rings. The quantitative estimate of drug-likeness (QED) is 0.808. The summed E-state index contributed by atoms with van der Waals surface area (Å²) in [7, 11) is 0. The van der Waals surface area contributed by atoms with Gasteiger partial charge in [0.25, 0.3) is 0 Å². The van der Waals surface area contributed by atoms with Gasteiger partial charge < -0.3 is 10.3 Å². The lowest BCUT2D eigenvalue weighted by molar-refractivity contribution is 0.263. The van der Waals surface area contributed by atoms with E-state index in [1.54, 1.807) is 0 Å². The second-order valence-corrected chi connectivity index (χ2v) is 4.76. The summed E-state index contributed by atoms with van der Waals surface area (Å²) in [5.74, 6) is 1.43. The number of aryl methyl sites for hydroxylation is 1. The van der Waals surface area contributed by atoms with Crippen LogP contribution in [0.4, 0.5) is 0 Å². The molecule has 2 aromatic rings. The Labute approximate surface area is 131 Å². The van der Waals surface area contributed by atoms with Gasteiger partial charge in [-0.05, 0) is 12.0 Å². The Hall–Kier alpha value is -1.43. The van der Waals surface area contributed by atoms with Gasteiger partial charge in [0.2, 0.25) is 5.89 Å². The van der Waals surface area contributed by atoms with Gasteiger partial charge in [-0.25, -0.2) is 0 Å². The summed E-state index contributed by atoms with van der Waals surface area (Å²) in [6.07, 6.45) is 1.77. The lowest BCUT2D eigenvalue weighted by atomic mass is 10.1. The van der Waals surface area contributed by atoms with Crippen LogP contribution in [0, 0.1) is 0 Å². The molecule has 0 aliphatic rings. The topological polar surface area (TPSA) is 68.2 Å². The van der Waals surface area contributed by atoms with Gasteiger partial charge in [-0.15, -0.1) is 12.4 Å². The minimum absolute atomic E-state index is 0. The summed E-state index contributed by atoms with van der Waals surface area (Å²) in [6, 6.07) is 10.5. The van der Waals surface area contributed by atoms with Gasteiger partial charge in [-0.2, -0.15) is 4.98 Å². The van der Waals surface area contributed by atoms with Gasteiger partial charge in [0, 0.05) is 26.1 Å². The van der Waals surface area contributed by atoms with Crippen LogP contribution in [-0.2, 0) is 19.4 Å². The lowest BCUT2D eigenvalue weighted by Gasteiger charge is -2.19. The molecule has 1 aromatic carbocycles. The summed E-state index contributed by atoms with van der Waals surface area (Å²) in [5, 5.41) is 4.00. The molecule has 0 spiro atoms. The molecule has 2 rings (SSSR count). The lowest BCUT2D eigenvalue weighted by Crippen LogP contribution is -2.31. The highest BCUT2D eigenvalue weighted by Crippen LogP contribution is 2.05. The first-order chi connectivity index (χ1) is 9.81. The molecular formula is C15H23ClN4O. The predicted octanol–water partition coefficient (Wildman–Crippen LogP) is 2.06. The number of nitrogens with two attached hydrogens (primary N) is 1. The zero-order valence-electron chi connectivity index (χ0n) is 12.4. The molecule has 116 valence electrons. The van der Waals surface area contributed by atoms with Crippen LogP contribution in [-0.4, -0.2) is 34.7 Å². The first-order valence-electron chi connectivity index (χ1n) is 7.09. The molecule has 2 N–H and O–H groups in total. The first kappa shape index (κ1) is 17.6. The molecule has 0 atom stereocenters. The highest BCUT2D eigenvalue weighted by atomic mass is 35.5. The van der Waals surface area contributed by atoms with Crippen LogP contribution in [0.25, 0.3) is 0 Å². The van der Waals surface area contributed by atoms with E-state index in [1.807, 2.05) is 13.0 Å². The van der Waals surface area contributed by atoms with Gasteiger partial charge >= 0.3 is 0 Å². The van der Waals surface area contributed by atoms with Gasteiger partial charge in [0.1, 0.15) is 0 Å². The van der Waals surface area contributed by atoms with Gasteiger partial charge in [0.15, 0.2) is 5.82 Å². The van der Waals surface area contributed by atoms with Crippen LogP contribution in [0.1, 0.15) is 24.2 Å². The molecule has 0 aliphatic carbocycles. The molecule has 0 radical (unpaired) electrons. The van der Waals surface area contributed by atoms with Crippen LogP contribution in [0.5, 0.6) is 0 Å². The van der Waals surface area contributed by atoms with E-state index in [0.717, 1.165) is 31.8 Å². The van der Waals surface area contributed by atoms with Crippen LogP contribution >= 0.6 is 12.4 Å². The molecule has 0 amide bonds. The molecule has 0 saturated carbocycles.